The molecule has 0 N–H and O–H groups in total. The van der Waals surface area contributed by atoms with Crippen molar-refractivity contribution in [3.63, 3.8) is 0 Å². The number of halogens is 1. The summed E-state index contributed by atoms with van der Waals surface area (Å²) in [6.07, 6.45) is 5.96. The van der Waals surface area contributed by atoms with E-state index >= 15 is 0 Å². The Labute approximate surface area is 181 Å². The molecular weight excluding hydrogens is 419 g/mol. The largest absolute Gasteiger partial charge is 0.465 e. The van der Waals surface area contributed by atoms with Gasteiger partial charge in [0, 0.05) is 31.0 Å². The smallest absolute Gasteiger partial charge is 0.337 e. The second-order valence-corrected chi connectivity index (χ2v) is 7.80. The van der Waals surface area contributed by atoms with Crippen molar-refractivity contribution < 1.29 is 18.7 Å². The van der Waals surface area contributed by atoms with Crippen LogP contribution in [0.15, 0.2) is 61.2 Å². The van der Waals surface area contributed by atoms with E-state index in [1.807, 2.05) is 10.8 Å². The van der Waals surface area contributed by atoms with Gasteiger partial charge in [0.2, 0.25) is 0 Å². The Morgan fingerprint density at radius 3 is 2.65 bits per heavy atom. The third-order valence-corrected chi connectivity index (χ3v) is 5.77. The molecule has 4 rings (SSSR count). The van der Waals surface area contributed by atoms with E-state index < -0.39 is 5.97 Å². The van der Waals surface area contributed by atoms with E-state index in [2.05, 4.69) is 9.97 Å². The number of ether oxygens (including phenoxy) is 1. The SMILES string of the molecule is COC(=O)c1ccc(C(=O)N(CCCn2ccnc2)c2nc3ccc(F)cc3s2)cc1. The van der Waals surface area contributed by atoms with Crippen molar-refractivity contribution in [2.45, 2.75) is 13.0 Å². The Morgan fingerprint density at radius 1 is 1.16 bits per heavy atom. The van der Waals surface area contributed by atoms with Gasteiger partial charge in [0.1, 0.15) is 5.82 Å². The van der Waals surface area contributed by atoms with Gasteiger partial charge in [-0.1, -0.05) is 11.3 Å². The summed E-state index contributed by atoms with van der Waals surface area (Å²) in [5.41, 5.74) is 1.41. The number of aromatic nitrogens is 3. The van der Waals surface area contributed by atoms with E-state index in [9.17, 15) is 14.0 Å². The summed E-state index contributed by atoms with van der Waals surface area (Å²) in [5.74, 6) is -1.06. The molecule has 0 unspecified atom stereocenters. The van der Waals surface area contributed by atoms with Crippen LogP contribution in [0.5, 0.6) is 0 Å². The second kappa shape index (κ2) is 9.05. The maximum absolute atomic E-state index is 13.6. The van der Waals surface area contributed by atoms with E-state index in [0.29, 0.717) is 46.0 Å². The Hall–Kier alpha value is -3.59. The molecule has 0 aliphatic heterocycles. The molecule has 31 heavy (non-hydrogen) atoms. The molecule has 2 aromatic heterocycles. The molecule has 0 fully saturated rings. The summed E-state index contributed by atoms with van der Waals surface area (Å²) >= 11 is 1.26. The lowest BCUT2D eigenvalue weighted by atomic mass is 10.1. The molecule has 4 aromatic rings. The quantitative estimate of drug-likeness (QED) is 0.405. The molecule has 0 radical (unpaired) electrons. The number of benzene rings is 2. The molecular formula is C22H19FN4O3S. The predicted octanol–water partition coefficient (Wildman–Crippen LogP) is 4.16. The lowest BCUT2D eigenvalue weighted by Crippen LogP contribution is -2.32. The highest BCUT2D eigenvalue weighted by Crippen LogP contribution is 2.30. The van der Waals surface area contributed by atoms with Crippen LogP contribution < -0.4 is 4.90 Å². The Balaban J connectivity index is 1.61. The Kier molecular flexibility index (Phi) is 6.03. The fraction of sp³-hybridized carbons (Fsp3) is 0.182. The van der Waals surface area contributed by atoms with Crippen LogP contribution in [0, 0.1) is 5.82 Å². The van der Waals surface area contributed by atoms with Crippen molar-refractivity contribution in [1.29, 1.82) is 0 Å². The van der Waals surface area contributed by atoms with Gasteiger partial charge in [0.25, 0.3) is 5.91 Å². The number of carbonyl (C=O) groups excluding carboxylic acids is 2. The van der Waals surface area contributed by atoms with Crippen molar-refractivity contribution in [1.82, 2.24) is 14.5 Å². The van der Waals surface area contributed by atoms with Gasteiger partial charge in [-0.25, -0.2) is 19.2 Å². The summed E-state index contributed by atoms with van der Waals surface area (Å²) < 4.78 is 20.9. The highest BCUT2D eigenvalue weighted by atomic mass is 32.1. The van der Waals surface area contributed by atoms with E-state index in [4.69, 9.17) is 4.74 Å². The summed E-state index contributed by atoms with van der Waals surface area (Å²) in [7, 11) is 1.30. The van der Waals surface area contributed by atoms with Crippen molar-refractivity contribution in [3.05, 3.63) is 78.1 Å². The number of methoxy groups -OCH3 is 1. The molecule has 9 heteroatoms. The van der Waals surface area contributed by atoms with E-state index in [0.717, 1.165) is 0 Å². The fourth-order valence-corrected chi connectivity index (χ4v) is 4.15. The number of esters is 1. The number of nitrogens with zero attached hydrogens (tertiary/aromatic N) is 4. The lowest BCUT2D eigenvalue weighted by Gasteiger charge is -2.20. The number of fused-ring (bicyclic) bond motifs is 1. The van der Waals surface area contributed by atoms with E-state index in [1.54, 1.807) is 47.8 Å². The minimum absolute atomic E-state index is 0.249. The number of anilines is 1. The molecule has 1 amide bonds. The van der Waals surface area contributed by atoms with Crippen molar-refractivity contribution >= 4 is 38.6 Å². The molecule has 0 aliphatic carbocycles. The van der Waals surface area contributed by atoms with Crippen LogP contribution >= 0.6 is 11.3 Å². The lowest BCUT2D eigenvalue weighted by molar-refractivity contribution is 0.0600. The number of hydrogen-bond acceptors (Lipinski definition) is 6. The molecule has 7 nitrogen and oxygen atoms in total. The van der Waals surface area contributed by atoms with Crippen molar-refractivity contribution in [3.8, 4) is 0 Å². The molecule has 0 atom stereocenters. The highest BCUT2D eigenvalue weighted by molar-refractivity contribution is 7.22. The number of rotatable bonds is 7. The van der Waals surface area contributed by atoms with E-state index in [1.165, 1.54) is 30.6 Å². The zero-order chi connectivity index (χ0) is 21.8. The first-order chi connectivity index (χ1) is 15.0. The summed E-state index contributed by atoms with van der Waals surface area (Å²) in [6.45, 7) is 1.10. The number of aryl methyl sites for hydroxylation is 1. The van der Waals surface area contributed by atoms with Gasteiger partial charge in [-0.2, -0.15) is 0 Å². The molecule has 0 spiro atoms. The number of hydrogen-bond donors (Lipinski definition) is 0. The number of thiazole rings is 1. The van der Waals surface area contributed by atoms with E-state index in [-0.39, 0.29) is 11.7 Å². The van der Waals surface area contributed by atoms with Crippen LogP contribution in [-0.2, 0) is 11.3 Å². The van der Waals surface area contributed by atoms with Crippen LogP contribution in [0.2, 0.25) is 0 Å². The topological polar surface area (TPSA) is 77.3 Å². The van der Waals surface area contributed by atoms with Gasteiger partial charge < -0.3 is 9.30 Å². The second-order valence-electron chi connectivity index (χ2n) is 6.79. The molecule has 0 bridgehead atoms. The van der Waals surface area contributed by atoms with Crippen LogP contribution in [0.4, 0.5) is 9.52 Å². The monoisotopic (exact) mass is 438 g/mol. The first-order valence-electron chi connectivity index (χ1n) is 9.57. The number of imidazole rings is 1. The predicted molar refractivity (Wildman–Crippen MR) is 116 cm³/mol. The first-order valence-corrected chi connectivity index (χ1v) is 10.4. The molecule has 0 saturated carbocycles. The molecule has 158 valence electrons. The normalized spacial score (nSPS) is 10.9. The zero-order valence-electron chi connectivity index (χ0n) is 16.7. The van der Waals surface area contributed by atoms with Crippen LogP contribution in [0.3, 0.4) is 0 Å². The highest BCUT2D eigenvalue weighted by Gasteiger charge is 2.22. The van der Waals surface area contributed by atoms with Gasteiger partial charge in [0.15, 0.2) is 5.13 Å². The summed E-state index contributed by atoms with van der Waals surface area (Å²) in [4.78, 5) is 35.1. The Bertz CT molecular complexity index is 1210. The van der Waals surface area contributed by atoms with Crippen molar-refractivity contribution in [2.24, 2.45) is 0 Å². The summed E-state index contributed by atoms with van der Waals surface area (Å²) in [6, 6.07) is 10.6. The minimum atomic E-state index is -0.468. The van der Waals surface area contributed by atoms with Crippen LogP contribution in [0.25, 0.3) is 10.2 Å². The third-order valence-electron chi connectivity index (χ3n) is 4.73. The van der Waals surface area contributed by atoms with Gasteiger partial charge in [-0.15, -0.1) is 0 Å². The fourth-order valence-electron chi connectivity index (χ4n) is 3.14. The molecule has 2 heterocycles. The summed E-state index contributed by atoms with van der Waals surface area (Å²) in [5, 5.41) is 0.494. The maximum Gasteiger partial charge on any atom is 0.337 e. The van der Waals surface area contributed by atoms with Gasteiger partial charge in [-0.3, -0.25) is 9.69 Å². The average Bonchev–Trinajstić information content (AvgIpc) is 3.45. The van der Waals surface area contributed by atoms with Gasteiger partial charge in [-0.05, 0) is 48.9 Å². The molecule has 0 aliphatic rings. The first kappa shape index (κ1) is 20.7. The maximum atomic E-state index is 13.6. The molecule has 0 saturated heterocycles. The third kappa shape index (κ3) is 4.61. The average molecular weight is 438 g/mol. The van der Waals surface area contributed by atoms with Crippen LogP contribution in [-0.4, -0.2) is 40.1 Å². The van der Waals surface area contributed by atoms with Gasteiger partial charge in [0.05, 0.1) is 29.2 Å². The number of carbonyl (C=O) groups is 2. The standard InChI is InChI=1S/C22H19FN4O3S/c1-30-21(29)16-5-3-15(4-6-16)20(28)27(11-2-10-26-12-9-24-14-26)22-25-18-8-7-17(23)13-19(18)31-22/h3-9,12-14H,2,10-11H2,1H3. The van der Waals surface area contributed by atoms with Gasteiger partial charge >= 0.3 is 5.97 Å². The minimum Gasteiger partial charge on any atom is -0.465 e. The zero-order valence-corrected chi connectivity index (χ0v) is 17.5. The molecule has 2 aromatic carbocycles. The van der Waals surface area contributed by atoms with Crippen molar-refractivity contribution in [2.75, 3.05) is 18.6 Å². The number of amides is 1. The van der Waals surface area contributed by atoms with Crippen LogP contribution in [0.1, 0.15) is 27.1 Å². The Morgan fingerprint density at radius 2 is 1.94 bits per heavy atom.